The molecule has 0 unspecified atom stereocenters. The van der Waals surface area contributed by atoms with Crippen LogP contribution in [-0.4, -0.2) is 38.2 Å². The lowest BCUT2D eigenvalue weighted by Crippen LogP contribution is -2.32. The minimum atomic E-state index is 0.789. The highest BCUT2D eigenvalue weighted by atomic mass is 15.6. The van der Waals surface area contributed by atoms with Crippen molar-refractivity contribution in [3.8, 4) is 11.4 Å². The summed E-state index contributed by atoms with van der Waals surface area (Å²) >= 11 is 0. The second-order valence-corrected chi connectivity index (χ2v) is 4.69. The predicted molar refractivity (Wildman–Crippen MR) is 68.7 cm³/mol. The van der Waals surface area contributed by atoms with Gasteiger partial charge in [-0.05, 0) is 36.4 Å². The highest BCUT2D eigenvalue weighted by Crippen LogP contribution is 2.16. The summed E-state index contributed by atoms with van der Waals surface area (Å²) in [5, 5.41) is 12.0. The van der Waals surface area contributed by atoms with E-state index in [1.807, 2.05) is 35.0 Å². The molecule has 2 aromatic rings. The number of piperidine rings is 1. The van der Waals surface area contributed by atoms with Gasteiger partial charge in [0.15, 0.2) is 5.82 Å². The Morgan fingerprint density at radius 3 is 2.56 bits per heavy atom. The smallest absolute Gasteiger partial charge is 0.183 e. The maximum Gasteiger partial charge on any atom is 0.183 e. The van der Waals surface area contributed by atoms with Crippen LogP contribution in [0.15, 0.2) is 30.3 Å². The zero-order valence-electron chi connectivity index (χ0n) is 10.4. The minimum absolute atomic E-state index is 0.789. The van der Waals surface area contributed by atoms with Crippen LogP contribution in [0.1, 0.15) is 19.3 Å². The number of hydrogen-bond donors (Lipinski definition) is 0. The molecule has 5 heteroatoms. The standard InChI is InChI=1S/C13H17N5/c1-3-7-12(8-4-1)13-14-15-16-18(13)11-17-9-5-2-6-10-17/h1,3-4,7-8H,2,5-6,9-11H2. The van der Waals surface area contributed by atoms with E-state index in [4.69, 9.17) is 0 Å². The lowest BCUT2D eigenvalue weighted by atomic mass is 10.1. The van der Waals surface area contributed by atoms with Crippen molar-refractivity contribution in [2.24, 2.45) is 0 Å². The van der Waals surface area contributed by atoms with E-state index in [1.165, 1.54) is 19.3 Å². The van der Waals surface area contributed by atoms with Crippen LogP contribution in [0.25, 0.3) is 11.4 Å². The van der Waals surface area contributed by atoms with Gasteiger partial charge in [0, 0.05) is 5.56 Å². The SMILES string of the molecule is c1ccc(-c2nnnn2CN2CCCCC2)cc1. The van der Waals surface area contributed by atoms with E-state index in [2.05, 4.69) is 20.4 Å². The fourth-order valence-electron chi connectivity index (χ4n) is 2.38. The van der Waals surface area contributed by atoms with Crippen molar-refractivity contribution in [1.82, 2.24) is 25.1 Å². The number of aromatic nitrogens is 4. The van der Waals surface area contributed by atoms with Crippen LogP contribution >= 0.6 is 0 Å². The summed E-state index contributed by atoms with van der Waals surface area (Å²) < 4.78 is 1.89. The molecule has 1 aliphatic heterocycles. The third-order valence-electron chi connectivity index (χ3n) is 3.35. The van der Waals surface area contributed by atoms with Gasteiger partial charge < -0.3 is 0 Å². The molecule has 3 rings (SSSR count). The van der Waals surface area contributed by atoms with Gasteiger partial charge in [0.25, 0.3) is 0 Å². The second-order valence-electron chi connectivity index (χ2n) is 4.69. The van der Waals surface area contributed by atoms with Crippen molar-refractivity contribution in [2.45, 2.75) is 25.9 Å². The van der Waals surface area contributed by atoms with E-state index in [9.17, 15) is 0 Å². The number of likely N-dealkylation sites (tertiary alicyclic amines) is 1. The number of hydrogen-bond acceptors (Lipinski definition) is 4. The molecule has 1 aromatic heterocycles. The normalized spacial score (nSPS) is 16.9. The first-order valence-electron chi connectivity index (χ1n) is 6.47. The zero-order valence-corrected chi connectivity index (χ0v) is 10.4. The Hall–Kier alpha value is -1.75. The van der Waals surface area contributed by atoms with Crippen LogP contribution < -0.4 is 0 Å². The second kappa shape index (κ2) is 5.27. The third kappa shape index (κ3) is 2.41. The molecule has 1 aliphatic rings. The average Bonchev–Trinajstić information content (AvgIpc) is 2.89. The topological polar surface area (TPSA) is 46.8 Å². The monoisotopic (exact) mass is 243 g/mol. The van der Waals surface area contributed by atoms with Crippen LogP contribution in [-0.2, 0) is 6.67 Å². The molecule has 0 bridgehead atoms. The molecule has 1 aromatic carbocycles. The Morgan fingerprint density at radius 2 is 1.78 bits per heavy atom. The molecule has 0 amide bonds. The first-order valence-corrected chi connectivity index (χ1v) is 6.47. The summed E-state index contributed by atoms with van der Waals surface area (Å²) in [5.74, 6) is 0.848. The van der Waals surface area contributed by atoms with Gasteiger partial charge in [0.1, 0.15) is 0 Å². The molecule has 0 atom stereocenters. The maximum atomic E-state index is 4.13. The van der Waals surface area contributed by atoms with Crippen molar-refractivity contribution in [1.29, 1.82) is 0 Å². The molecule has 2 heterocycles. The van der Waals surface area contributed by atoms with Crippen LogP contribution in [0.4, 0.5) is 0 Å². The van der Waals surface area contributed by atoms with Gasteiger partial charge in [-0.2, -0.15) is 0 Å². The summed E-state index contributed by atoms with van der Waals surface area (Å²) in [6.45, 7) is 3.08. The van der Waals surface area contributed by atoms with E-state index in [-0.39, 0.29) is 0 Å². The highest BCUT2D eigenvalue weighted by Gasteiger charge is 2.14. The Morgan fingerprint density at radius 1 is 1.00 bits per heavy atom. The number of tetrazole rings is 1. The van der Waals surface area contributed by atoms with Gasteiger partial charge >= 0.3 is 0 Å². The van der Waals surface area contributed by atoms with Gasteiger partial charge in [0.05, 0.1) is 6.67 Å². The number of nitrogens with zero attached hydrogens (tertiary/aromatic N) is 5. The van der Waals surface area contributed by atoms with Gasteiger partial charge in [-0.25, -0.2) is 4.68 Å². The van der Waals surface area contributed by atoms with Gasteiger partial charge in [0.2, 0.25) is 0 Å². The molecular weight excluding hydrogens is 226 g/mol. The molecule has 0 spiro atoms. The van der Waals surface area contributed by atoms with Gasteiger partial charge in [-0.15, -0.1) is 5.10 Å². The van der Waals surface area contributed by atoms with Gasteiger partial charge in [-0.1, -0.05) is 36.8 Å². The molecule has 18 heavy (non-hydrogen) atoms. The maximum absolute atomic E-state index is 4.13. The molecule has 0 aliphatic carbocycles. The lowest BCUT2D eigenvalue weighted by molar-refractivity contribution is 0.173. The average molecular weight is 243 g/mol. The van der Waals surface area contributed by atoms with E-state index < -0.39 is 0 Å². The summed E-state index contributed by atoms with van der Waals surface area (Å²) in [6.07, 6.45) is 3.91. The van der Waals surface area contributed by atoms with E-state index in [0.29, 0.717) is 0 Å². The van der Waals surface area contributed by atoms with Crippen LogP contribution in [0, 0.1) is 0 Å². The molecule has 5 nitrogen and oxygen atoms in total. The lowest BCUT2D eigenvalue weighted by Gasteiger charge is -2.26. The fraction of sp³-hybridized carbons (Fsp3) is 0.462. The van der Waals surface area contributed by atoms with Crippen LogP contribution in [0.5, 0.6) is 0 Å². The summed E-state index contributed by atoms with van der Waals surface area (Å²) in [5.41, 5.74) is 1.07. The van der Waals surface area contributed by atoms with Crippen molar-refractivity contribution in [3.63, 3.8) is 0 Å². The van der Waals surface area contributed by atoms with Crippen molar-refractivity contribution in [2.75, 3.05) is 13.1 Å². The van der Waals surface area contributed by atoms with E-state index in [0.717, 1.165) is 31.1 Å². The Labute approximate surface area is 106 Å². The molecule has 0 N–H and O–H groups in total. The summed E-state index contributed by atoms with van der Waals surface area (Å²) in [6, 6.07) is 10.1. The van der Waals surface area contributed by atoms with Crippen LogP contribution in [0.2, 0.25) is 0 Å². The zero-order chi connectivity index (χ0) is 12.2. The number of rotatable bonds is 3. The molecule has 94 valence electrons. The van der Waals surface area contributed by atoms with E-state index >= 15 is 0 Å². The van der Waals surface area contributed by atoms with Crippen LogP contribution in [0.3, 0.4) is 0 Å². The first-order chi connectivity index (χ1) is 8.93. The molecule has 0 radical (unpaired) electrons. The highest BCUT2D eigenvalue weighted by molar-refractivity contribution is 5.53. The fourth-order valence-corrected chi connectivity index (χ4v) is 2.38. The summed E-state index contributed by atoms with van der Waals surface area (Å²) in [7, 11) is 0. The molecule has 1 fully saturated rings. The first kappa shape index (κ1) is 11.3. The molecular formula is C13H17N5. The largest absolute Gasteiger partial charge is 0.284 e. The number of benzene rings is 1. The third-order valence-corrected chi connectivity index (χ3v) is 3.35. The molecule has 1 saturated heterocycles. The van der Waals surface area contributed by atoms with Crippen molar-refractivity contribution in [3.05, 3.63) is 30.3 Å². The summed E-state index contributed by atoms with van der Waals surface area (Å²) in [4.78, 5) is 2.41. The molecule has 0 saturated carbocycles. The Bertz CT molecular complexity index is 487. The quantitative estimate of drug-likeness (QED) is 0.824. The Balaban J connectivity index is 1.79. The Kier molecular flexibility index (Phi) is 3.32. The minimum Gasteiger partial charge on any atom is -0.284 e. The van der Waals surface area contributed by atoms with E-state index in [1.54, 1.807) is 0 Å². The van der Waals surface area contributed by atoms with Gasteiger partial charge in [-0.3, -0.25) is 4.90 Å². The van der Waals surface area contributed by atoms with Crippen molar-refractivity contribution >= 4 is 0 Å². The van der Waals surface area contributed by atoms with Crippen molar-refractivity contribution < 1.29 is 0 Å². The predicted octanol–water partition coefficient (Wildman–Crippen LogP) is 1.78.